The van der Waals surface area contributed by atoms with Gasteiger partial charge in [-0.15, -0.1) is 0 Å². The largest absolute Gasteiger partial charge is 0.330 e. The van der Waals surface area contributed by atoms with E-state index in [1.54, 1.807) is 0 Å². The van der Waals surface area contributed by atoms with Crippen LogP contribution in [-0.2, 0) is 0 Å². The molecule has 0 aromatic carbocycles. The van der Waals surface area contributed by atoms with Crippen LogP contribution in [0.15, 0.2) is 0 Å². The molecular formula is C37H78N2. The van der Waals surface area contributed by atoms with Crippen LogP contribution in [0, 0.1) is 0 Å². The van der Waals surface area contributed by atoms with E-state index in [0.29, 0.717) is 6.04 Å². The lowest BCUT2D eigenvalue weighted by atomic mass is 10.0. The lowest BCUT2D eigenvalue weighted by molar-refractivity contribution is 0.502. The second-order valence-electron chi connectivity index (χ2n) is 13.1. The lowest BCUT2D eigenvalue weighted by Crippen LogP contribution is -2.23. The van der Waals surface area contributed by atoms with Crippen molar-refractivity contribution >= 4 is 0 Å². The van der Waals surface area contributed by atoms with Gasteiger partial charge in [0.15, 0.2) is 0 Å². The average molecular weight is 551 g/mol. The summed E-state index contributed by atoms with van der Waals surface area (Å²) in [7, 11) is 0. The molecule has 0 saturated carbocycles. The quantitative estimate of drug-likeness (QED) is 0.0771. The summed E-state index contributed by atoms with van der Waals surface area (Å²) in [4.78, 5) is 0. The molecule has 1 atom stereocenters. The van der Waals surface area contributed by atoms with Crippen LogP contribution in [0.1, 0.15) is 225 Å². The number of rotatable bonds is 35. The van der Waals surface area contributed by atoms with Crippen LogP contribution in [0.4, 0.5) is 0 Å². The van der Waals surface area contributed by atoms with E-state index in [4.69, 9.17) is 11.5 Å². The van der Waals surface area contributed by atoms with E-state index in [0.717, 1.165) is 19.4 Å². The van der Waals surface area contributed by atoms with Gasteiger partial charge >= 0.3 is 0 Å². The monoisotopic (exact) mass is 551 g/mol. The highest BCUT2D eigenvalue weighted by Gasteiger charge is 2.01. The zero-order valence-electron chi connectivity index (χ0n) is 27.5. The van der Waals surface area contributed by atoms with Crippen LogP contribution in [0.2, 0.25) is 0 Å². The summed E-state index contributed by atoms with van der Waals surface area (Å²) >= 11 is 0. The van der Waals surface area contributed by atoms with Crippen LogP contribution in [0.3, 0.4) is 0 Å². The maximum atomic E-state index is 6.02. The summed E-state index contributed by atoms with van der Waals surface area (Å²) in [6.45, 7) is 3.04. The number of unbranched alkanes of at least 4 members (excludes halogenated alkanes) is 31. The fraction of sp³-hybridized carbons (Fsp3) is 1.00. The molecule has 4 N–H and O–H groups in total. The molecular weight excluding hydrogens is 472 g/mol. The highest BCUT2D eigenvalue weighted by molar-refractivity contribution is 4.61. The van der Waals surface area contributed by atoms with Gasteiger partial charge in [-0.05, 0) is 19.4 Å². The van der Waals surface area contributed by atoms with Crippen molar-refractivity contribution in [3.8, 4) is 0 Å². The summed E-state index contributed by atoms with van der Waals surface area (Å²) in [5, 5.41) is 0. The normalized spacial score (nSPS) is 12.4. The summed E-state index contributed by atoms with van der Waals surface area (Å²) in [6, 6.07) is 0.337. The van der Waals surface area contributed by atoms with Gasteiger partial charge in [0.25, 0.3) is 0 Å². The molecule has 0 aliphatic carbocycles. The van der Waals surface area contributed by atoms with Gasteiger partial charge in [-0.25, -0.2) is 0 Å². The molecule has 2 nitrogen and oxygen atoms in total. The predicted octanol–water partition coefficient (Wildman–Crippen LogP) is 12.6. The summed E-state index contributed by atoms with van der Waals surface area (Å²) in [5.74, 6) is 0. The second-order valence-corrected chi connectivity index (χ2v) is 13.1. The third-order valence-electron chi connectivity index (χ3n) is 8.97. The van der Waals surface area contributed by atoms with E-state index in [1.165, 1.54) is 205 Å². The maximum Gasteiger partial charge on any atom is 0.00508 e. The minimum absolute atomic E-state index is 0.337. The minimum Gasteiger partial charge on any atom is -0.330 e. The molecule has 0 aliphatic rings. The van der Waals surface area contributed by atoms with Crippen LogP contribution in [0.5, 0.6) is 0 Å². The van der Waals surface area contributed by atoms with Gasteiger partial charge < -0.3 is 11.5 Å². The molecule has 0 radical (unpaired) electrons. The Kier molecular flexibility index (Phi) is 35.9. The number of hydrogen-bond acceptors (Lipinski definition) is 2. The molecule has 0 heterocycles. The van der Waals surface area contributed by atoms with E-state index in [-0.39, 0.29) is 0 Å². The molecule has 0 aromatic rings. The minimum atomic E-state index is 0.337. The third kappa shape index (κ3) is 35.9. The molecule has 0 spiro atoms. The molecule has 0 saturated heterocycles. The topological polar surface area (TPSA) is 52.0 Å². The van der Waals surface area contributed by atoms with E-state index in [9.17, 15) is 0 Å². The molecule has 0 fully saturated rings. The van der Waals surface area contributed by atoms with Crippen molar-refractivity contribution in [2.45, 2.75) is 231 Å². The van der Waals surface area contributed by atoms with Gasteiger partial charge in [0.2, 0.25) is 0 Å². The van der Waals surface area contributed by atoms with Gasteiger partial charge in [-0.2, -0.15) is 0 Å². The molecule has 0 aromatic heterocycles. The highest BCUT2D eigenvalue weighted by Crippen LogP contribution is 2.17. The Bertz CT molecular complexity index is 410. The Hall–Kier alpha value is -0.0800. The van der Waals surface area contributed by atoms with Crippen LogP contribution < -0.4 is 11.5 Å². The fourth-order valence-electron chi connectivity index (χ4n) is 6.14. The van der Waals surface area contributed by atoms with Gasteiger partial charge in [-0.1, -0.05) is 212 Å². The van der Waals surface area contributed by atoms with Crippen LogP contribution in [0.25, 0.3) is 0 Å². The molecule has 2 heteroatoms. The molecule has 39 heavy (non-hydrogen) atoms. The first-order valence-electron chi connectivity index (χ1n) is 18.8. The van der Waals surface area contributed by atoms with Crippen LogP contribution >= 0.6 is 0 Å². The second kappa shape index (κ2) is 35.9. The summed E-state index contributed by atoms with van der Waals surface area (Å²) in [5.41, 5.74) is 11.6. The molecule has 236 valence electrons. The van der Waals surface area contributed by atoms with Gasteiger partial charge in [-0.3, -0.25) is 0 Å². The Morgan fingerprint density at radius 2 is 0.513 bits per heavy atom. The standard InChI is InChI=1S/C37H78N2/c1-2-3-4-5-6-7-8-9-10-11-12-13-14-15-16-17-18-19-20-21-22-23-24-25-26-27-28-29-30-31-32-33-34-37(39)35-36-38/h37H,2-36,38-39H2,1H3. The predicted molar refractivity (Wildman–Crippen MR) is 180 cm³/mol. The Morgan fingerprint density at radius 3 is 0.718 bits per heavy atom. The van der Waals surface area contributed by atoms with Crippen molar-refractivity contribution in [2.75, 3.05) is 6.54 Å². The fourth-order valence-corrected chi connectivity index (χ4v) is 6.14. The highest BCUT2D eigenvalue weighted by atomic mass is 14.6. The number of nitrogens with two attached hydrogens (primary N) is 2. The van der Waals surface area contributed by atoms with Crippen molar-refractivity contribution in [2.24, 2.45) is 11.5 Å². The lowest BCUT2D eigenvalue weighted by Gasteiger charge is -2.09. The van der Waals surface area contributed by atoms with Gasteiger partial charge in [0.05, 0.1) is 0 Å². The zero-order chi connectivity index (χ0) is 28.3. The van der Waals surface area contributed by atoms with Gasteiger partial charge in [0.1, 0.15) is 0 Å². The third-order valence-corrected chi connectivity index (χ3v) is 8.97. The van der Waals surface area contributed by atoms with Crippen molar-refractivity contribution < 1.29 is 0 Å². The summed E-state index contributed by atoms with van der Waals surface area (Å²) < 4.78 is 0. The Labute approximate surface area is 249 Å². The van der Waals surface area contributed by atoms with Crippen molar-refractivity contribution in [1.29, 1.82) is 0 Å². The molecule has 1 unspecified atom stereocenters. The first-order chi connectivity index (χ1) is 19.3. The molecule has 0 amide bonds. The first-order valence-corrected chi connectivity index (χ1v) is 18.8. The Balaban J connectivity index is 3.04. The van der Waals surface area contributed by atoms with Crippen molar-refractivity contribution in [1.82, 2.24) is 0 Å². The molecule has 0 bridgehead atoms. The average Bonchev–Trinajstić information content (AvgIpc) is 2.94. The first kappa shape index (κ1) is 38.9. The van der Waals surface area contributed by atoms with E-state index >= 15 is 0 Å². The summed E-state index contributed by atoms with van der Waals surface area (Å²) in [6.07, 6.45) is 48.9. The molecule has 0 aliphatic heterocycles. The van der Waals surface area contributed by atoms with E-state index < -0.39 is 0 Å². The molecule has 0 rings (SSSR count). The van der Waals surface area contributed by atoms with E-state index in [1.807, 2.05) is 0 Å². The SMILES string of the molecule is CCCCCCCCCCCCCCCCCCCCCCCCCCCCCCCCCCC(N)CCN. The van der Waals surface area contributed by atoms with Crippen molar-refractivity contribution in [3.63, 3.8) is 0 Å². The Morgan fingerprint density at radius 1 is 0.308 bits per heavy atom. The smallest absolute Gasteiger partial charge is 0.00508 e. The number of hydrogen-bond donors (Lipinski definition) is 2. The van der Waals surface area contributed by atoms with Gasteiger partial charge in [0, 0.05) is 6.04 Å². The van der Waals surface area contributed by atoms with E-state index in [2.05, 4.69) is 6.92 Å². The zero-order valence-corrected chi connectivity index (χ0v) is 27.5. The van der Waals surface area contributed by atoms with Crippen LogP contribution in [-0.4, -0.2) is 12.6 Å². The van der Waals surface area contributed by atoms with Crippen molar-refractivity contribution in [3.05, 3.63) is 0 Å². The maximum absolute atomic E-state index is 6.02.